The fourth-order valence-corrected chi connectivity index (χ4v) is 5.09. The number of carbonyl (C=O) groups is 1. The highest BCUT2D eigenvalue weighted by Gasteiger charge is 2.24. The van der Waals surface area contributed by atoms with E-state index in [-0.39, 0.29) is 16.6 Å². The molecule has 1 amide bonds. The average molecular weight is 447 g/mol. The third kappa shape index (κ3) is 4.34. The quantitative estimate of drug-likeness (QED) is 0.701. The van der Waals surface area contributed by atoms with Gasteiger partial charge in [0, 0.05) is 17.6 Å². The van der Waals surface area contributed by atoms with Crippen molar-refractivity contribution in [2.75, 3.05) is 24.9 Å². The first kappa shape index (κ1) is 19.7. The molecule has 1 heterocycles. The van der Waals surface area contributed by atoms with Crippen molar-refractivity contribution >= 4 is 48.2 Å². The molecule has 0 bridgehead atoms. The molecule has 136 valence electrons. The van der Waals surface area contributed by atoms with E-state index in [1.165, 1.54) is 24.5 Å². The number of halogens is 1. The topological polar surface area (TPSA) is 75.7 Å². The van der Waals surface area contributed by atoms with Crippen molar-refractivity contribution in [1.82, 2.24) is 4.90 Å². The van der Waals surface area contributed by atoms with E-state index >= 15 is 0 Å². The van der Waals surface area contributed by atoms with Gasteiger partial charge in [0.05, 0.1) is 12.7 Å². The maximum Gasteiger partial charge on any atom is 0.266 e. The summed E-state index contributed by atoms with van der Waals surface area (Å²) >= 11 is 4.43. The van der Waals surface area contributed by atoms with Crippen LogP contribution in [0.2, 0.25) is 0 Å². The zero-order chi connectivity index (χ0) is 18.6. The molecule has 0 fully saturated rings. The van der Waals surface area contributed by atoms with Crippen molar-refractivity contribution in [3.63, 3.8) is 0 Å². The number of amides is 1. The van der Waals surface area contributed by atoms with Gasteiger partial charge in [0.1, 0.15) is 15.6 Å². The molecule has 0 aliphatic rings. The van der Waals surface area contributed by atoms with Crippen molar-refractivity contribution in [3.8, 4) is 5.75 Å². The van der Waals surface area contributed by atoms with Crippen LogP contribution in [-0.4, -0.2) is 39.4 Å². The normalized spacial score (nSPS) is 11.2. The largest absolute Gasteiger partial charge is 0.495 e. The van der Waals surface area contributed by atoms with Crippen molar-refractivity contribution in [3.05, 3.63) is 39.7 Å². The summed E-state index contributed by atoms with van der Waals surface area (Å²) in [6.07, 6.45) is 0. The zero-order valence-corrected chi connectivity index (χ0v) is 17.3. The molecule has 2 aromatic rings. The molecule has 0 saturated carbocycles. The first-order chi connectivity index (χ1) is 11.8. The molecule has 1 aromatic carbocycles. The van der Waals surface area contributed by atoms with Gasteiger partial charge in [-0.3, -0.25) is 9.52 Å². The fourth-order valence-electron chi connectivity index (χ4n) is 2.28. The Morgan fingerprint density at radius 1 is 1.28 bits per heavy atom. The molecule has 0 aliphatic heterocycles. The smallest absolute Gasteiger partial charge is 0.266 e. The summed E-state index contributed by atoms with van der Waals surface area (Å²) in [4.78, 5) is 14.2. The Hall–Kier alpha value is -1.58. The second-order valence-corrected chi connectivity index (χ2v) is 8.52. The van der Waals surface area contributed by atoms with E-state index in [0.717, 1.165) is 0 Å². The molecular formula is C16H19BrN2O4S2. The number of rotatable bonds is 7. The summed E-state index contributed by atoms with van der Waals surface area (Å²) in [7, 11) is -2.50. The maximum atomic E-state index is 12.8. The van der Waals surface area contributed by atoms with E-state index in [0.29, 0.717) is 28.1 Å². The second-order valence-electron chi connectivity index (χ2n) is 5.04. The van der Waals surface area contributed by atoms with Crippen LogP contribution in [0, 0.1) is 0 Å². The molecule has 0 unspecified atom stereocenters. The van der Waals surface area contributed by atoms with Crippen LogP contribution in [-0.2, 0) is 10.0 Å². The van der Waals surface area contributed by atoms with Gasteiger partial charge in [-0.05, 0) is 43.5 Å². The molecule has 25 heavy (non-hydrogen) atoms. The summed E-state index contributed by atoms with van der Waals surface area (Å²) < 4.78 is 33.8. The third-order valence-electron chi connectivity index (χ3n) is 3.59. The van der Waals surface area contributed by atoms with Crippen molar-refractivity contribution in [1.29, 1.82) is 0 Å². The van der Waals surface area contributed by atoms with E-state index < -0.39 is 10.0 Å². The van der Waals surface area contributed by atoms with Crippen LogP contribution in [0.5, 0.6) is 5.75 Å². The number of benzene rings is 1. The molecule has 0 radical (unpaired) electrons. The summed E-state index contributed by atoms with van der Waals surface area (Å²) in [6, 6.07) is 6.34. The molecule has 0 saturated heterocycles. The number of nitrogens with one attached hydrogen (secondary N) is 1. The highest BCUT2D eigenvalue weighted by Crippen LogP contribution is 2.32. The minimum Gasteiger partial charge on any atom is -0.495 e. The Balaban J connectivity index is 2.39. The van der Waals surface area contributed by atoms with Crippen LogP contribution in [0.4, 0.5) is 5.00 Å². The minimum absolute atomic E-state index is 0.000914. The van der Waals surface area contributed by atoms with Gasteiger partial charge in [-0.1, -0.05) is 15.9 Å². The molecule has 0 atom stereocenters. The summed E-state index contributed by atoms with van der Waals surface area (Å²) in [5, 5.41) is 1.98. The summed E-state index contributed by atoms with van der Waals surface area (Å²) in [6.45, 7) is 4.86. The third-order valence-corrected chi connectivity index (χ3v) is 6.41. The van der Waals surface area contributed by atoms with Crippen molar-refractivity contribution in [2.24, 2.45) is 0 Å². The Morgan fingerprint density at radius 2 is 1.96 bits per heavy atom. The van der Waals surface area contributed by atoms with Crippen molar-refractivity contribution in [2.45, 2.75) is 18.7 Å². The number of sulfonamides is 1. The number of ether oxygens (including phenoxy) is 1. The highest BCUT2D eigenvalue weighted by molar-refractivity contribution is 9.10. The maximum absolute atomic E-state index is 12.8. The molecule has 9 heteroatoms. The average Bonchev–Trinajstić information content (AvgIpc) is 3.03. The van der Waals surface area contributed by atoms with Crippen LogP contribution in [0.25, 0.3) is 0 Å². The molecule has 0 aliphatic carbocycles. The lowest BCUT2D eigenvalue weighted by atomic mass is 10.2. The molecule has 1 aromatic heterocycles. The number of anilines is 1. The van der Waals surface area contributed by atoms with Gasteiger partial charge in [0.15, 0.2) is 0 Å². The molecule has 6 nitrogen and oxygen atoms in total. The lowest BCUT2D eigenvalue weighted by Crippen LogP contribution is -2.30. The van der Waals surface area contributed by atoms with Gasteiger partial charge in [-0.25, -0.2) is 8.42 Å². The molecule has 2 rings (SSSR count). The first-order valence-electron chi connectivity index (χ1n) is 7.57. The number of nitrogens with zero attached hydrogens (tertiary/aromatic N) is 1. The van der Waals surface area contributed by atoms with Crippen LogP contribution in [0.1, 0.15) is 24.2 Å². The van der Waals surface area contributed by atoms with Crippen LogP contribution in [0.3, 0.4) is 0 Å². The van der Waals surface area contributed by atoms with Crippen LogP contribution >= 0.6 is 27.3 Å². The standard InChI is InChI=1S/C16H19BrN2O4S2/c1-4-19(5-2)16(20)12-8-9-24-15(12)18-25(21,22)14-10-11(17)6-7-13(14)23-3/h6-10,18H,4-5H2,1-3H3. The second kappa shape index (κ2) is 8.20. The van der Waals surface area contributed by atoms with Crippen LogP contribution in [0.15, 0.2) is 39.0 Å². The Labute approximate surface area is 160 Å². The van der Waals surface area contributed by atoms with Crippen LogP contribution < -0.4 is 9.46 Å². The zero-order valence-electron chi connectivity index (χ0n) is 14.1. The number of carbonyl (C=O) groups excluding carboxylic acids is 1. The Morgan fingerprint density at radius 3 is 2.56 bits per heavy atom. The van der Waals surface area contributed by atoms with E-state index in [9.17, 15) is 13.2 Å². The number of hydrogen-bond acceptors (Lipinski definition) is 5. The number of hydrogen-bond donors (Lipinski definition) is 1. The summed E-state index contributed by atoms with van der Waals surface area (Å²) in [5.41, 5.74) is 0.339. The van der Waals surface area contributed by atoms with E-state index in [2.05, 4.69) is 20.7 Å². The number of thiophene rings is 1. The monoisotopic (exact) mass is 446 g/mol. The predicted molar refractivity (Wildman–Crippen MR) is 103 cm³/mol. The predicted octanol–water partition coefficient (Wildman–Crippen LogP) is 3.80. The van der Waals surface area contributed by atoms with Gasteiger partial charge in [-0.15, -0.1) is 11.3 Å². The minimum atomic E-state index is -3.91. The fraction of sp³-hybridized carbons (Fsp3) is 0.312. The lowest BCUT2D eigenvalue weighted by molar-refractivity contribution is 0.0774. The van der Waals surface area contributed by atoms with E-state index in [4.69, 9.17) is 4.74 Å². The van der Waals surface area contributed by atoms with Gasteiger partial charge < -0.3 is 9.64 Å². The Bertz CT molecular complexity index is 861. The molecule has 0 spiro atoms. The highest BCUT2D eigenvalue weighted by atomic mass is 79.9. The van der Waals surface area contributed by atoms with Gasteiger partial charge in [0.25, 0.3) is 15.9 Å². The molecule has 1 N–H and O–H groups in total. The van der Waals surface area contributed by atoms with Gasteiger partial charge in [-0.2, -0.15) is 0 Å². The van der Waals surface area contributed by atoms with Gasteiger partial charge >= 0.3 is 0 Å². The first-order valence-corrected chi connectivity index (χ1v) is 10.7. The van der Waals surface area contributed by atoms with E-state index in [1.54, 1.807) is 28.5 Å². The lowest BCUT2D eigenvalue weighted by Gasteiger charge is -2.19. The van der Waals surface area contributed by atoms with Crippen molar-refractivity contribution < 1.29 is 17.9 Å². The SMILES string of the molecule is CCN(CC)C(=O)c1ccsc1NS(=O)(=O)c1cc(Br)ccc1OC. The summed E-state index contributed by atoms with van der Waals surface area (Å²) in [5.74, 6) is 0.0223. The van der Waals surface area contributed by atoms with E-state index in [1.807, 2.05) is 13.8 Å². The number of methoxy groups -OCH3 is 1. The van der Waals surface area contributed by atoms with Gasteiger partial charge in [0.2, 0.25) is 0 Å². The molecular weight excluding hydrogens is 428 g/mol. The Kier molecular flexibility index (Phi) is 6.47.